The second-order valence-corrected chi connectivity index (χ2v) is 18.1. The minimum atomic E-state index is -0.563. The first-order valence-electron chi connectivity index (χ1n) is 17.5. The summed E-state index contributed by atoms with van der Waals surface area (Å²) >= 11 is 0. The summed E-state index contributed by atoms with van der Waals surface area (Å²) in [5.74, 6) is 6.76. The molecular weight excluding hydrogens is 516 g/mol. The molecule has 12 aliphatic carbocycles. The normalized spacial score (nSPS) is 63.8. The van der Waals surface area contributed by atoms with Gasteiger partial charge in [-0.15, -0.1) is 0 Å². The van der Waals surface area contributed by atoms with Crippen molar-refractivity contribution >= 4 is 11.9 Å². The molecule has 41 heavy (non-hydrogen) atoms. The summed E-state index contributed by atoms with van der Waals surface area (Å²) in [5, 5.41) is 0. The fraction of sp³-hybridized carbons (Fsp3) is 0.943. The molecule has 0 amide bonds. The van der Waals surface area contributed by atoms with Crippen LogP contribution in [0.4, 0.5) is 0 Å². The van der Waals surface area contributed by atoms with Crippen LogP contribution in [0.1, 0.15) is 90.4 Å². The van der Waals surface area contributed by atoms with Crippen molar-refractivity contribution < 1.29 is 28.5 Å². The summed E-state index contributed by atoms with van der Waals surface area (Å²) in [6, 6.07) is 0. The number of hydrogen-bond acceptors (Lipinski definition) is 6. The second-order valence-electron chi connectivity index (χ2n) is 18.1. The van der Waals surface area contributed by atoms with Crippen LogP contribution in [0.15, 0.2) is 0 Å². The lowest BCUT2D eigenvalue weighted by Gasteiger charge is -2.52. The summed E-state index contributed by atoms with van der Waals surface area (Å²) < 4.78 is 26.5. The zero-order chi connectivity index (χ0) is 27.1. The van der Waals surface area contributed by atoms with Crippen LogP contribution in [0.2, 0.25) is 0 Å². The van der Waals surface area contributed by atoms with E-state index in [4.69, 9.17) is 18.9 Å². The maximum Gasteiger partial charge on any atom is 0.312 e. The maximum absolute atomic E-state index is 13.7. The van der Waals surface area contributed by atoms with Gasteiger partial charge >= 0.3 is 11.9 Å². The predicted molar refractivity (Wildman–Crippen MR) is 146 cm³/mol. The van der Waals surface area contributed by atoms with Gasteiger partial charge in [-0.1, -0.05) is 6.92 Å². The second kappa shape index (κ2) is 7.38. The Labute approximate surface area is 243 Å². The van der Waals surface area contributed by atoms with Crippen molar-refractivity contribution in [1.82, 2.24) is 0 Å². The minimum Gasteiger partial charge on any atom is -0.462 e. The van der Waals surface area contributed by atoms with Gasteiger partial charge in [-0.2, -0.15) is 0 Å². The summed E-state index contributed by atoms with van der Waals surface area (Å²) in [6.45, 7) is 2.97. The first kappa shape index (κ1) is 24.2. The number of ether oxygens (including phenoxy) is 4. The van der Waals surface area contributed by atoms with Crippen LogP contribution in [0.25, 0.3) is 0 Å². The lowest BCUT2D eigenvalue weighted by molar-refractivity contribution is -0.275. The highest BCUT2D eigenvalue weighted by Gasteiger charge is 2.82. The molecule has 12 saturated carbocycles. The van der Waals surface area contributed by atoms with E-state index in [0.717, 1.165) is 73.5 Å². The highest BCUT2D eigenvalue weighted by atomic mass is 16.8. The van der Waals surface area contributed by atoms with E-state index in [1.807, 2.05) is 0 Å². The minimum absolute atomic E-state index is 0.00998. The van der Waals surface area contributed by atoms with Crippen LogP contribution in [0.5, 0.6) is 0 Å². The zero-order valence-corrected chi connectivity index (χ0v) is 24.6. The Morgan fingerprint density at radius 3 is 1.95 bits per heavy atom. The lowest BCUT2D eigenvalue weighted by atomic mass is 9.59. The molecule has 0 aromatic heterocycles. The topological polar surface area (TPSA) is 71.1 Å². The molecule has 13 aliphatic rings. The third-order valence-electron chi connectivity index (χ3n) is 16.3. The largest absolute Gasteiger partial charge is 0.462 e. The molecule has 6 heteroatoms. The molecule has 13 fully saturated rings. The lowest BCUT2D eigenvalue weighted by Crippen LogP contribution is -2.54. The quantitative estimate of drug-likeness (QED) is 0.397. The Morgan fingerprint density at radius 1 is 0.683 bits per heavy atom. The molecule has 14 bridgehead atoms. The Kier molecular flexibility index (Phi) is 4.36. The van der Waals surface area contributed by atoms with Crippen molar-refractivity contribution in [3.63, 3.8) is 0 Å². The van der Waals surface area contributed by atoms with Gasteiger partial charge in [0.25, 0.3) is 0 Å². The fourth-order valence-corrected chi connectivity index (χ4v) is 15.7. The van der Waals surface area contributed by atoms with Crippen LogP contribution in [-0.4, -0.2) is 43.1 Å². The van der Waals surface area contributed by atoms with E-state index in [2.05, 4.69) is 6.92 Å². The molecule has 0 aromatic rings. The number of hydrogen-bond donors (Lipinski definition) is 0. The molecular formula is C35H46O6. The van der Waals surface area contributed by atoms with Crippen molar-refractivity contribution in [2.24, 2.45) is 81.3 Å². The number of fused-ring (bicyclic) bond motifs is 2. The number of carbonyl (C=O) groups excluding carboxylic acids is 2. The van der Waals surface area contributed by atoms with Gasteiger partial charge < -0.3 is 18.9 Å². The molecule has 0 N–H and O–H groups in total. The molecule has 1 saturated heterocycles. The summed E-state index contributed by atoms with van der Waals surface area (Å²) in [7, 11) is 0. The van der Waals surface area contributed by atoms with Crippen molar-refractivity contribution in [1.29, 1.82) is 0 Å². The van der Waals surface area contributed by atoms with E-state index < -0.39 is 5.79 Å². The van der Waals surface area contributed by atoms with Crippen LogP contribution in [-0.2, 0) is 28.5 Å². The molecule has 6 nitrogen and oxygen atoms in total. The van der Waals surface area contributed by atoms with Gasteiger partial charge in [0.15, 0.2) is 5.79 Å². The van der Waals surface area contributed by atoms with E-state index in [9.17, 15) is 9.59 Å². The monoisotopic (exact) mass is 562 g/mol. The van der Waals surface area contributed by atoms with Crippen LogP contribution in [0, 0.1) is 81.3 Å². The molecule has 1 heterocycles. The Bertz CT molecular complexity index is 1210. The maximum atomic E-state index is 13.7. The van der Waals surface area contributed by atoms with Gasteiger partial charge in [0, 0.05) is 11.8 Å². The smallest absolute Gasteiger partial charge is 0.312 e. The SMILES string of the molecule is CC12CC3CC4C1C3C(C2)C41OC(COC(=O)C23CC4CC(C2)C(C4)C3)C(COC(=O)C23CC4CC(CC2C4)C3)O1. The summed E-state index contributed by atoms with van der Waals surface area (Å²) in [4.78, 5) is 27.4. The van der Waals surface area contributed by atoms with Gasteiger partial charge in [0.1, 0.15) is 25.4 Å². The van der Waals surface area contributed by atoms with Gasteiger partial charge in [-0.3, -0.25) is 9.59 Å². The molecule has 0 radical (unpaired) electrons. The number of rotatable bonds is 6. The Hall–Kier alpha value is -1.14. The molecule has 222 valence electrons. The van der Waals surface area contributed by atoms with E-state index in [-0.39, 0.29) is 48.2 Å². The van der Waals surface area contributed by atoms with Gasteiger partial charge in [0.2, 0.25) is 0 Å². The van der Waals surface area contributed by atoms with E-state index in [1.165, 1.54) is 51.4 Å². The third-order valence-corrected chi connectivity index (χ3v) is 16.3. The molecule has 0 aromatic carbocycles. The van der Waals surface area contributed by atoms with E-state index in [0.29, 0.717) is 29.1 Å². The Balaban J connectivity index is 0.840. The van der Waals surface area contributed by atoms with Crippen molar-refractivity contribution in [3.8, 4) is 0 Å². The van der Waals surface area contributed by atoms with Crippen molar-refractivity contribution in [2.75, 3.05) is 13.2 Å². The zero-order valence-electron chi connectivity index (χ0n) is 24.6. The Morgan fingerprint density at radius 2 is 1.34 bits per heavy atom. The summed E-state index contributed by atoms with van der Waals surface area (Å²) in [6.07, 6.45) is 14.6. The van der Waals surface area contributed by atoms with Gasteiger partial charge in [0.05, 0.1) is 10.8 Å². The number of esters is 2. The van der Waals surface area contributed by atoms with E-state index in [1.54, 1.807) is 0 Å². The van der Waals surface area contributed by atoms with Crippen LogP contribution < -0.4 is 0 Å². The first-order valence-corrected chi connectivity index (χ1v) is 17.5. The third kappa shape index (κ3) is 2.78. The van der Waals surface area contributed by atoms with Crippen molar-refractivity contribution in [2.45, 2.75) is 108 Å². The van der Waals surface area contributed by atoms with Gasteiger partial charge in [-0.25, -0.2) is 0 Å². The van der Waals surface area contributed by atoms with Gasteiger partial charge in [-0.05, 0) is 142 Å². The first-order chi connectivity index (χ1) is 19.8. The summed E-state index contributed by atoms with van der Waals surface area (Å²) in [5.41, 5.74) is -0.0433. The molecule has 13 unspecified atom stereocenters. The highest BCUT2D eigenvalue weighted by Crippen LogP contribution is 2.82. The predicted octanol–water partition coefficient (Wildman–Crippen LogP) is 5.52. The molecule has 13 atom stereocenters. The van der Waals surface area contributed by atoms with Crippen molar-refractivity contribution in [3.05, 3.63) is 0 Å². The van der Waals surface area contributed by atoms with Crippen LogP contribution >= 0.6 is 0 Å². The number of carbonyl (C=O) groups is 2. The average molecular weight is 563 g/mol. The highest BCUT2D eigenvalue weighted by molar-refractivity contribution is 5.79. The fourth-order valence-electron chi connectivity index (χ4n) is 15.7. The molecule has 13 rings (SSSR count). The molecule has 1 aliphatic heterocycles. The standard InChI is InChI=1S/C35H46O6/c1-32-11-22-7-24-29(32)28(22)25(14-32)35(24)40-26(15-38-30(36)33-8-19-3-20(12-33)21(4-19)13-33)27(41-35)16-39-31(37)34-9-17-2-18(10-34)6-23(34)5-17/h17-29H,2-16H2,1H3. The average Bonchev–Trinajstić information content (AvgIpc) is 3.80. The van der Waals surface area contributed by atoms with E-state index >= 15 is 0 Å². The van der Waals surface area contributed by atoms with Crippen LogP contribution in [0.3, 0.4) is 0 Å². The molecule has 1 spiro atoms.